The second-order valence-electron chi connectivity index (χ2n) is 9.23. The van der Waals surface area contributed by atoms with Gasteiger partial charge in [-0.15, -0.1) is 0 Å². The molecule has 0 radical (unpaired) electrons. The van der Waals surface area contributed by atoms with Gasteiger partial charge < -0.3 is 4.90 Å². The van der Waals surface area contributed by atoms with Crippen molar-refractivity contribution in [2.45, 2.75) is 25.6 Å². The number of nitrogens with zero attached hydrogens (tertiary/aromatic N) is 3. The summed E-state index contributed by atoms with van der Waals surface area (Å²) in [5.41, 5.74) is 1.86. The van der Waals surface area contributed by atoms with Crippen molar-refractivity contribution in [3.8, 4) is 16.9 Å². The highest BCUT2D eigenvalue weighted by Gasteiger charge is 2.34. The van der Waals surface area contributed by atoms with E-state index >= 15 is 0 Å². The van der Waals surface area contributed by atoms with E-state index in [1.807, 2.05) is 60.7 Å². The molecule has 0 atom stereocenters. The highest BCUT2D eigenvalue weighted by Crippen LogP contribution is 2.32. The van der Waals surface area contributed by atoms with Gasteiger partial charge in [-0.25, -0.2) is 4.98 Å². The molecule has 1 saturated carbocycles. The van der Waals surface area contributed by atoms with Gasteiger partial charge in [0.05, 0.1) is 11.3 Å². The molecule has 6 nitrogen and oxygen atoms in total. The molecule has 0 saturated heterocycles. The van der Waals surface area contributed by atoms with Crippen LogP contribution >= 0.6 is 0 Å². The predicted octanol–water partition coefficient (Wildman–Crippen LogP) is 5.94. The lowest BCUT2D eigenvalue weighted by molar-refractivity contribution is -0.137. The summed E-state index contributed by atoms with van der Waals surface area (Å²) >= 11 is 0. The number of carbonyl (C=O) groups is 2. The fourth-order valence-electron chi connectivity index (χ4n) is 4.17. The third-order valence-corrected chi connectivity index (χ3v) is 6.29. The van der Waals surface area contributed by atoms with Gasteiger partial charge in [-0.3, -0.25) is 19.5 Å². The van der Waals surface area contributed by atoms with Gasteiger partial charge in [0.15, 0.2) is 0 Å². The van der Waals surface area contributed by atoms with E-state index in [-0.39, 0.29) is 24.3 Å². The van der Waals surface area contributed by atoms with Crippen molar-refractivity contribution in [3.05, 3.63) is 102 Å². The topological polar surface area (TPSA) is 67.2 Å². The van der Waals surface area contributed by atoms with Crippen LogP contribution in [-0.4, -0.2) is 32.8 Å². The third-order valence-electron chi connectivity index (χ3n) is 6.29. The number of imidazole rings is 1. The highest BCUT2D eigenvalue weighted by molar-refractivity contribution is 5.94. The van der Waals surface area contributed by atoms with Gasteiger partial charge in [-0.05, 0) is 42.7 Å². The Morgan fingerprint density at radius 2 is 1.55 bits per heavy atom. The molecule has 5 rings (SSSR count). The number of aromatic nitrogens is 2. The van der Waals surface area contributed by atoms with E-state index in [1.54, 1.807) is 6.20 Å². The van der Waals surface area contributed by atoms with Crippen LogP contribution in [0.2, 0.25) is 0 Å². The van der Waals surface area contributed by atoms with Gasteiger partial charge in [0.25, 0.3) is 0 Å². The lowest BCUT2D eigenvalue weighted by Gasteiger charge is -2.22. The molecule has 3 aromatic carbocycles. The SMILES string of the molecule is O=C(CN(Cc1ccccc1)C(=O)C1CC1)Nc1nc(-c2ccccc2)cn1-c1ccc(C(F)(F)F)cc1. The molecule has 1 aliphatic rings. The van der Waals surface area contributed by atoms with Gasteiger partial charge in [0, 0.05) is 29.9 Å². The summed E-state index contributed by atoms with van der Waals surface area (Å²) < 4.78 is 40.8. The molecule has 0 unspecified atom stereocenters. The molecule has 38 heavy (non-hydrogen) atoms. The van der Waals surface area contributed by atoms with E-state index in [4.69, 9.17) is 0 Å². The standard InChI is InChI=1S/C29H25F3N4O2/c30-29(31,32)23-13-15-24(16-14-23)36-18-25(21-9-5-2-6-10-21)33-28(36)34-26(37)19-35(27(38)22-11-12-22)17-20-7-3-1-4-8-20/h1-10,13-16,18,22H,11-12,17,19H2,(H,33,34,37). The average Bonchev–Trinajstić information content (AvgIpc) is 3.69. The minimum atomic E-state index is -4.46. The highest BCUT2D eigenvalue weighted by atomic mass is 19.4. The number of amides is 2. The zero-order chi connectivity index (χ0) is 26.7. The van der Waals surface area contributed by atoms with Crippen LogP contribution in [0.3, 0.4) is 0 Å². The normalized spacial score (nSPS) is 13.2. The van der Waals surface area contributed by atoms with Gasteiger partial charge >= 0.3 is 6.18 Å². The first-order valence-electron chi connectivity index (χ1n) is 12.2. The molecule has 0 aliphatic heterocycles. The minimum Gasteiger partial charge on any atom is -0.329 e. The monoisotopic (exact) mass is 518 g/mol. The molecule has 1 aromatic heterocycles. The average molecular weight is 519 g/mol. The molecule has 0 bridgehead atoms. The first kappa shape index (κ1) is 25.3. The number of halogens is 3. The number of benzene rings is 3. The summed E-state index contributed by atoms with van der Waals surface area (Å²) in [6, 6.07) is 23.3. The zero-order valence-corrected chi connectivity index (χ0v) is 20.4. The van der Waals surface area contributed by atoms with Crippen LogP contribution in [-0.2, 0) is 22.3 Å². The number of anilines is 1. The van der Waals surface area contributed by atoms with Crippen LogP contribution in [0.25, 0.3) is 16.9 Å². The number of nitrogens with one attached hydrogen (secondary N) is 1. The second-order valence-corrected chi connectivity index (χ2v) is 9.23. The number of hydrogen-bond acceptors (Lipinski definition) is 3. The molecular formula is C29H25F3N4O2. The van der Waals surface area contributed by atoms with Crippen molar-refractivity contribution in [1.29, 1.82) is 0 Å². The summed E-state index contributed by atoms with van der Waals surface area (Å²) in [6.45, 7) is 0.122. The van der Waals surface area contributed by atoms with Crippen LogP contribution in [0.5, 0.6) is 0 Å². The smallest absolute Gasteiger partial charge is 0.329 e. The minimum absolute atomic E-state index is 0.0645. The lowest BCUT2D eigenvalue weighted by atomic mass is 10.2. The molecule has 1 N–H and O–H groups in total. The zero-order valence-electron chi connectivity index (χ0n) is 20.4. The number of alkyl halides is 3. The van der Waals surface area contributed by atoms with Gasteiger partial charge in [0.1, 0.15) is 6.54 Å². The lowest BCUT2D eigenvalue weighted by Crippen LogP contribution is -2.38. The Labute approximate surface area is 217 Å². The van der Waals surface area contributed by atoms with Gasteiger partial charge in [-0.1, -0.05) is 60.7 Å². The summed E-state index contributed by atoms with van der Waals surface area (Å²) in [5, 5.41) is 2.77. The molecule has 1 heterocycles. The van der Waals surface area contributed by atoms with Crippen molar-refractivity contribution in [3.63, 3.8) is 0 Å². The quantitative estimate of drug-likeness (QED) is 0.314. The molecule has 1 aliphatic carbocycles. The molecule has 0 spiro atoms. The fraction of sp³-hybridized carbons (Fsp3) is 0.207. The van der Waals surface area contributed by atoms with Crippen LogP contribution < -0.4 is 5.32 Å². The summed E-state index contributed by atoms with van der Waals surface area (Å²) in [5.74, 6) is -0.439. The molecule has 9 heteroatoms. The van der Waals surface area contributed by atoms with Crippen molar-refractivity contribution in [2.75, 3.05) is 11.9 Å². The van der Waals surface area contributed by atoms with Crippen molar-refractivity contribution in [2.24, 2.45) is 5.92 Å². The van der Waals surface area contributed by atoms with Crippen LogP contribution in [0.4, 0.5) is 19.1 Å². The Morgan fingerprint density at radius 3 is 2.16 bits per heavy atom. The van der Waals surface area contributed by atoms with Gasteiger partial charge in [0.2, 0.25) is 17.8 Å². The van der Waals surface area contributed by atoms with E-state index < -0.39 is 17.6 Å². The van der Waals surface area contributed by atoms with Crippen molar-refractivity contribution < 1.29 is 22.8 Å². The Kier molecular flexibility index (Phi) is 7.00. The van der Waals surface area contributed by atoms with E-state index in [1.165, 1.54) is 21.6 Å². The predicted molar refractivity (Wildman–Crippen MR) is 137 cm³/mol. The number of carbonyl (C=O) groups excluding carboxylic acids is 2. The Hall–Kier alpha value is -4.40. The Bertz CT molecular complexity index is 1410. The van der Waals surface area contributed by atoms with E-state index in [0.717, 1.165) is 36.1 Å². The number of rotatable bonds is 8. The summed E-state index contributed by atoms with van der Waals surface area (Å²) in [6.07, 6.45) is -1.18. The molecule has 4 aromatic rings. The summed E-state index contributed by atoms with van der Waals surface area (Å²) in [4.78, 5) is 32.2. The maximum absolute atomic E-state index is 13.2. The molecule has 194 valence electrons. The van der Waals surface area contributed by atoms with Crippen LogP contribution in [0, 0.1) is 5.92 Å². The molecule has 1 fully saturated rings. The van der Waals surface area contributed by atoms with E-state index in [9.17, 15) is 22.8 Å². The van der Waals surface area contributed by atoms with E-state index in [2.05, 4.69) is 10.3 Å². The molecular weight excluding hydrogens is 493 g/mol. The maximum Gasteiger partial charge on any atom is 0.416 e. The Morgan fingerprint density at radius 1 is 0.921 bits per heavy atom. The largest absolute Gasteiger partial charge is 0.416 e. The third kappa shape index (κ3) is 5.94. The van der Waals surface area contributed by atoms with Crippen LogP contribution in [0.15, 0.2) is 91.1 Å². The van der Waals surface area contributed by atoms with E-state index in [0.29, 0.717) is 17.9 Å². The maximum atomic E-state index is 13.2. The second kappa shape index (κ2) is 10.5. The first-order valence-corrected chi connectivity index (χ1v) is 12.2. The van der Waals surface area contributed by atoms with Crippen molar-refractivity contribution in [1.82, 2.24) is 14.5 Å². The van der Waals surface area contributed by atoms with Gasteiger partial charge in [-0.2, -0.15) is 13.2 Å². The Balaban J connectivity index is 1.41. The van der Waals surface area contributed by atoms with Crippen LogP contribution in [0.1, 0.15) is 24.0 Å². The summed E-state index contributed by atoms with van der Waals surface area (Å²) in [7, 11) is 0. The molecule has 2 amide bonds. The fourth-order valence-corrected chi connectivity index (χ4v) is 4.17. The van der Waals surface area contributed by atoms with Crippen molar-refractivity contribution >= 4 is 17.8 Å². The first-order chi connectivity index (χ1) is 18.3. The number of hydrogen-bond donors (Lipinski definition) is 1.